The van der Waals surface area contributed by atoms with Crippen LogP contribution in [0, 0.1) is 0 Å². The molecule has 106 valence electrons. The summed E-state index contributed by atoms with van der Waals surface area (Å²) in [6, 6.07) is 7.22. The maximum atomic E-state index is 11.2. The van der Waals surface area contributed by atoms with Crippen molar-refractivity contribution in [1.29, 1.82) is 0 Å². The Morgan fingerprint density at radius 1 is 1.35 bits per heavy atom. The van der Waals surface area contributed by atoms with Crippen LogP contribution in [0.5, 0.6) is 0 Å². The Hall–Kier alpha value is -2.21. The lowest BCUT2D eigenvalue weighted by Gasteiger charge is -2.13. The first-order valence-corrected chi connectivity index (χ1v) is 6.54. The molecule has 0 radical (unpaired) electrons. The second-order valence-corrected chi connectivity index (χ2v) is 4.52. The number of carboxylic acids is 1. The number of benzene rings is 1. The van der Waals surface area contributed by atoms with Crippen molar-refractivity contribution in [3.63, 3.8) is 0 Å². The minimum Gasteiger partial charge on any atom is -0.476 e. The lowest BCUT2D eigenvalue weighted by atomic mass is 10.1. The van der Waals surface area contributed by atoms with Gasteiger partial charge in [0.15, 0.2) is 5.69 Å². The van der Waals surface area contributed by atoms with Gasteiger partial charge in [-0.15, -0.1) is 10.2 Å². The summed E-state index contributed by atoms with van der Waals surface area (Å²) < 4.78 is 0. The molecule has 1 aromatic carbocycles. The number of hydrogen-bond acceptors (Lipinski definition) is 5. The predicted molar refractivity (Wildman–Crippen MR) is 75.9 cm³/mol. The highest BCUT2D eigenvalue weighted by molar-refractivity contribution is 6.02. The first-order valence-electron chi connectivity index (χ1n) is 6.54. The van der Waals surface area contributed by atoms with E-state index < -0.39 is 12.1 Å². The Morgan fingerprint density at radius 3 is 2.80 bits per heavy atom. The third-order valence-electron chi connectivity index (χ3n) is 3.12. The number of nitrogens with one attached hydrogen (secondary N) is 1. The fourth-order valence-electron chi connectivity index (χ4n) is 1.95. The zero-order valence-electron chi connectivity index (χ0n) is 11.2. The number of fused-ring (bicyclic) bond motifs is 1. The highest BCUT2D eigenvalue weighted by Crippen LogP contribution is 2.24. The number of carboxylic acid groups (broad SMARTS) is 1. The molecule has 1 unspecified atom stereocenters. The second kappa shape index (κ2) is 6.29. The zero-order valence-corrected chi connectivity index (χ0v) is 11.2. The molecule has 0 aliphatic heterocycles. The summed E-state index contributed by atoms with van der Waals surface area (Å²) in [6.45, 7) is 2.38. The van der Waals surface area contributed by atoms with E-state index in [0.717, 1.165) is 0 Å². The molecule has 0 amide bonds. The van der Waals surface area contributed by atoms with Crippen LogP contribution in [-0.2, 0) is 0 Å². The van der Waals surface area contributed by atoms with Gasteiger partial charge in [0.1, 0.15) is 0 Å². The molecule has 0 spiro atoms. The largest absolute Gasteiger partial charge is 0.476 e. The van der Waals surface area contributed by atoms with E-state index in [1.165, 1.54) is 0 Å². The van der Waals surface area contributed by atoms with Crippen molar-refractivity contribution in [3.8, 4) is 0 Å². The van der Waals surface area contributed by atoms with Gasteiger partial charge < -0.3 is 15.5 Å². The minimum atomic E-state index is -1.12. The van der Waals surface area contributed by atoms with Crippen molar-refractivity contribution in [1.82, 2.24) is 10.2 Å². The van der Waals surface area contributed by atoms with Crippen LogP contribution in [0.2, 0.25) is 0 Å². The van der Waals surface area contributed by atoms with Gasteiger partial charge in [0.2, 0.25) is 0 Å². The molecular formula is C14H17N3O3. The van der Waals surface area contributed by atoms with E-state index in [4.69, 9.17) is 0 Å². The van der Waals surface area contributed by atoms with Gasteiger partial charge in [0.25, 0.3) is 0 Å². The molecule has 0 saturated heterocycles. The quantitative estimate of drug-likeness (QED) is 0.745. The van der Waals surface area contributed by atoms with Gasteiger partial charge in [0, 0.05) is 11.9 Å². The fraction of sp³-hybridized carbons (Fsp3) is 0.357. The molecule has 6 nitrogen and oxygen atoms in total. The molecule has 20 heavy (non-hydrogen) atoms. The van der Waals surface area contributed by atoms with Crippen molar-refractivity contribution in [3.05, 3.63) is 30.0 Å². The maximum absolute atomic E-state index is 11.2. The third kappa shape index (κ3) is 3.03. The van der Waals surface area contributed by atoms with Gasteiger partial charge in [-0.2, -0.15) is 0 Å². The molecule has 1 heterocycles. The van der Waals surface area contributed by atoms with Crippen molar-refractivity contribution in [2.75, 3.05) is 11.9 Å². The molecule has 0 saturated carbocycles. The number of carbonyl (C=O) groups is 1. The summed E-state index contributed by atoms with van der Waals surface area (Å²) in [7, 11) is 0. The first kappa shape index (κ1) is 14.2. The van der Waals surface area contributed by atoms with Crippen LogP contribution in [0.3, 0.4) is 0 Å². The molecule has 0 aliphatic carbocycles. The topological polar surface area (TPSA) is 95.3 Å². The number of rotatable bonds is 6. The molecular weight excluding hydrogens is 258 g/mol. The van der Waals surface area contributed by atoms with Gasteiger partial charge >= 0.3 is 5.97 Å². The van der Waals surface area contributed by atoms with E-state index >= 15 is 0 Å². The van der Waals surface area contributed by atoms with Gasteiger partial charge in [-0.1, -0.05) is 25.1 Å². The lowest BCUT2D eigenvalue weighted by molar-refractivity contribution is 0.0690. The van der Waals surface area contributed by atoms with Crippen LogP contribution < -0.4 is 5.32 Å². The number of anilines is 1. The van der Waals surface area contributed by atoms with E-state index in [-0.39, 0.29) is 5.69 Å². The summed E-state index contributed by atoms with van der Waals surface area (Å²) in [5.74, 6) is -1.12. The van der Waals surface area contributed by atoms with Crippen LogP contribution in [0.25, 0.3) is 10.9 Å². The molecule has 0 bridgehead atoms. The highest BCUT2D eigenvalue weighted by Gasteiger charge is 2.16. The molecule has 2 aromatic rings. The molecule has 3 N–H and O–H groups in total. The van der Waals surface area contributed by atoms with E-state index in [9.17, 15) is 15.0 Å². The van der Waals surface area contributed by atoms with Crippen molar-refractivity contribution >= 4 is 22.6 Å². The van der Waals surface area contributed by atoms with Gasteiger partial charge in [-0.25, -0.2) is 4.79 Å². The summed E-state index contributed by atoms with van der Waals surface area (Å²) in [4.78, 5) is 11.2. The van der Waals surface area contributed by atoms with Crippen LogP contribution in [0.15, 0.2) is 24.3 Å². The Kier molecular flexibility index (Phi) is 4.47. The smallest absolute Gasteiger partial charge is 0.358 e. The summed E-state index contributed by atoms with van der Waals surface area (Å²) in [5, 5.41) is 30.2. The maximum Gasteiger partial charge on any atom is 0.358 e. The fourth-order valence-corrected chi connectivity index (χ4v) is 1.95. The van der Waals surface area contributed by atoms with E-state index in [1.54, 1.807) is 12.1 Å². The molecule has 0 aliphatic rings. The second-order valence-electron chi connectivity index (χ2n) is 4.52. The standard InChI is InChI=1S/C14H17N3O3/c1-2-9(18)7-8-15-12-10-5-3-4-6-11(10)16-17-13(12)14(19)20/h3-6,9,18H,2,7-8H2,1H3,(H,15,16)(H,19,20). The normalized spacial score (nSPS) is 12.3. The molecule has 6 heteroatoms. The molecule has 2 rings (SSSR count). The minimum absolute atomic E-state index is 0.102. The van der Waals surface area contributed by atoms with Gasteiger partial charge in [-0.05, 0) is 18.9 Å². The number of hydrogen-bond donors (Lipinski definition) is 3. The molecule has 1 atom stereocenters. The third-order valence-corrected chi connectivity index (χ3v) is 3.12. The predicted octanol–water partition coefficient (Wildman–Crippen LogP) is 1.90. The Bertz CT molecular complexity index is 616. The number of aromatic carboxylic acids is 1. The van der Waals surface area contributed by atoms with Crippen molar-refractivity contribution in [2.24, 2.45) is 0 Å². The first-order chi connectivity index (χ1) is 9.63. The SMILES string of the molecule is CCC(O)CCNc1c(C(=O)O)nnc2ccccc12. The number of aromatic nitrogens is 2. The number of aliphatic hydroxyl groups is 1. The Balaban J connectivity index is 2.32. The molecule has 0 fully saturated rings. The Labute approximate surface area is 116 Å². The summed E-state index contributed by atoms with van der Waals surface area (Å²) >= 11 is 0. The Morgan fingerprint density at radius 2 is 2.10 bits per heavy atom. The number of nitrogens with zero attached hydrogens (tertiary/aromatic N) is 2. The lowest BCUT2D eigenvalue weighted by Crippen LogP contribution is -2.15. The zero-order chi connectivity index (χ0) is 14.5. The van der Waals surface area contributed by atoms with Gasteiger partial charge in [0.05, 0.1) is 17.3 Å². The van der Waals surface area contributed by atoms with Crippen LogP contribution in [0.4, 0.5) is 5.69 Å². The van der Waals surface area contributed by atoms with E-state index in [0.29, 0.717) is 36.0 Å². The number of aliphatic hydroxyl groups excluding tert-OH is 1. The average molecular weight is 275 g/mol. The highest BCUT2D eigenvalue weighted by atomic mass is 16.4. The monoisotopic (exact) mass is 275 g/mol. The molecule has 1 aromatic heterocycles. The summed E-state index contributed by atoms with van der Waals surface area (Å²) in [5.41, 5.74) is 0.983. The van der Waals surface area contributed by atoms with E-state index in [2.05, 4.69) is 15.5 Å². The van der Waals surface area contributed by atoms with Crippen molar-refractivity contribution in [2.45, 2.75) is 25.9 Å². The van der Waals surface area contributed by atoms with E-state index in [1.807, 2.05) is 19.1 Å². The summed E-state index contributed by atoms with van der Waals surface area (Å²) in [6.07, 6.45) is 0.825. The van der Waals surface area contributed by atoms with Gasteiger partial charge in [-0.3, -0.25) is 0 Å². The van der Waals surface area contributed by atoms with Crippen LogP contribution >= 0.6 is 0 Å². The average Bonchev–Trinajstić information content (AvgIpc) is 2.46. The van der Waals surface area contributed by atoms with Crippen LogP contribution in [0.1, 0.15) is 30.3 Å². The van der Waals surface area contributed by atoms with Crippen LogP contribution in [-0.4, -0.2) is 39.0 Å². The van der Waals surface area contributed by atoms with Crippen molar-refractivity contribution < 1.29 is 15.0 Å².